The predicted molar refractivity (Wildman–Crippen MR) is 113 cm³/mol. The average Bonchev–Trinajstić information content (AvgIpc) is 3.53. The number of nitrogens with one attached hydrogen (secondary N) is 3. The fraction of sp³-hybridized carbons (Fsp3) is 0.652. The molecule has 0 aliphatic heterocycles. The zero-order valence-corrected chi connectivity index (χ0v) is 18.0. The Morgan fingerprint density at radius 2 is 1.61 bits per heavy atom. The van der Waals surface area contributed by atoms with E-state index in [1.807, 2.05) is 0 Å². The number of amides is 2. The maximum atomic E-state index is 13.0. The standard InChI is InChI=1S/C23H32F3N3O2/c1-15-10-18(13-19(11-15)23(24,25)26)22(31)29-14-17-4-6-20(7-5-17)27-8-9-28-21(30)12-16-2-3-16/h10-11,13,16-17,20,27H,2-9,12,14H2,1H3,(H,28,30)(H,29,31). The Morgan fingerprint density at radius 1 is 0.935 bits per heavy atom. The molecule has 1 aromatic carbocycles. The summed E-state index contributed by atoms with van der Waals surface area (Å²) >= 11 is 0. The van der Waals surface area contributed by atoms with Crippen LogP contribution in [0.25, 0.3) is 0 Å². The van der Waals surface area contributed by atoms with Crippen LogP contribution in [-0.4, -0.2) is 37.5 Å². The number of aryl methyl sites for hydroxylation is 1. The molecule has 0 radical (unpaired) electrons. The van der Waals surface area contributed by atoms with Crippen molar-refractivity contribution in [2.75, 3.05) is 19.6 Å². The number of carbonyl (C=O) groups excluding carboxylic acids is 2. The van der Waals surface area contributed by atoms with Crippen molar-refractivity contribution in [3.8, 4) is 0 Å². The highest BCUT2D eigenvalue weighted by atomic mass is 19.4. The van der Waals surface area contributed by atoms with Gasteiger partial charge in [0.2, 0.25) is 5.91 Å². The van der Waals surface area contributed by atoms with E-state index in [1.165, 1.54) is 18.9 Å². The fourth-order valence-electron chi connectivity index (χ4n) is 4.12. The molecule has 2 aliphatic rings. The first-order valence-corrected chi connectivity index (χ1v) is 11.2. The maximum absolute atomic E-state index is 13.0. The normalized spacial score (nSPS) is 21.5. The van der Waals surface area contributed by atoms with Crippen molar-refractivity contribution in [2.45, 2.75) is 64.1 Å². The third-order valence-electron chi connectivity index (χ3n) is 6.12. The van der Waals surface area contributed by atoms with Gasteiger partial charge in [-0.05, 0) is 81.0 Å². The molecule has 0 aromatic heterocycles. The molecule has 3 rings (SSSR count). The molecule has 2 aliphatic carbocycles. The van der Waals surface area contributed by atoms with Gasteiger partial charge in [-0.3, -0.25) is 9.59 Å². The lowest BCUT2D eigenvalue weighted by Crippen LogP contribution is -2.40. The third-order valence-corrected chi connectivity index (χ3v) is 6.12. The minimum absolute atomic E-state index is 0.0476. The molecule has 0 unspecified atom stereocenters. The quantitative estimate of drug-likeness (QED) is 0.513. The summed E-state index contributed by atoms with van der Waals surface area (Å²) in [6.07, 6.45) is 2.41. The highest BCUT2D eigenvalue weighted by molar-refractivity contribution is 5.94. The molecule has 3 N–H and O–H groups in total. The van der Waals surface area contributed by atoms with Crippen LogP contribution in [0, 0.1) is 18.8 Å². The number of carbonyl (C=O) groups is 2. The van der Waals surface area contributed by atoms with Crippen LogP contribution in [0.15, 0.2) is 18.2 Å². The minimum Gasteiger partial charge on any atom is -0.355 e. The molecule has 0 atom stereocenters. The average molecular weight is 440 g/mol. The van der Waals surface area contributed by atoms with E-state index >= 15 is 0 Å². The molecule has 31 heavy (non-hydrogen) atoms. The summed E-state index contributed by atoms with van der Waals surface area (Å²) in [4.78, 5) is 24.0. The van der Waals surface area contributed by atoms with Crippen LogP contribution >= 0.6 is 0 Å². The topological polar surface area (TPSA) is 70.2 Å². The molecule has 0 bridgehead atoms. The van der Waals surface area contributed by atoms with Crippen molar-refractivity contribution in [2.24, 2.45) is 11.8 Å². The largest absolute Gasteiger partial charge is 0.416 e. The van der Waals surface area contributed by atoms with Crippen molar-refractivity contribution in [3.63, 3.8) is 0 Å². The van der Waals surface area contributed by atoms with Crippen molar-refractivity contribution in [1.29, 1.82) is 0 Å². The summed E-state index contributed by atoms with van der Waals surface area (Å²) in [5, 5.41) is 9.22. The Labute approximate surface area is 181 Å². The van der Waals surface area contributed by atoms with E-state index in [0.717, 1.165) is 44.4 Å². The Kier molecular flexibility index (Phi) is 7.97. The zero-order valence-electron chi connectivity index (χ0n) is 18.0. The molecular weight excluding hydrogens is 407 g/mol. The summed E-state index contributed by atoms with van der Waals surface area (Å²) in [6, 6.07) is 3.84. The molecule has 2 amide bonds. The van der Waals surface area contributed by atoms with Gasteiger partial charge in [-0.1, -0.05) is 0 Å². The number of alkyl halides is 3. The SMILES string of the molecule is Cc1cc(C(=O)NCC2CCC(NCCNC(=O)CC3CC3)CC2)cc(C(F)(F)F)c1. The van der Waals surface area contributed by atoms with Crippen molar-refractivity contribution >= 4 is 11.8 Å². The van der Waals surface area contributed by atoms with E-state index < -0.39 is 17.6 Å². The van der Waals surface area contributed by atoms with Crippen LogP contribution in [0.3, 0.4) is 0 Å². The van der Waals surface area contributed by atoms with Gasteiger partial charge in [0, 0.05) is 37.7 Å². The Bertz CT molecular complexity index is 770. The first-order chi connectivity index (χ1) is 14.7. The second kappa shape index (κ2) is 10.5. The van der Waals surface area contributed by atoms with Crippen molar-refractivity contribution in [1.82, 2.24) is 16.0 Å². The second-order valence-corrected chi connectivity index (χ2v) is 8.96. The van der Waals surface area contributed by atoms with Crippen LogP contribution in [0.5, 0.6) is 0 Å². The number of halogens is 3. The lowest BCUT2D eigenvalue weighted by molar-refractivity contribution is -0.137. The van der Waals surface area contributed by atoms with Crippen LogP contribution in [0.2, 0.25) is 0 Å². The molecule has 2 saturated carbocycles. The van der Waals surface area contributed by atoms with E-state index in [0.29, 0.717) is 43.0 Å². The fourth-order valence-corrected chi connectivity index (χ4v) is 4.12. The highest BCUT2D eigenvalue weighted by Crippen LogP contribution is 2.32. The van der Waals surface area contributed by atoms with Gasteiger partial charge in [0.1, 0.15) is 0 Å². The lowest BCUT2D eigenvalue weighted by atomic mass is 9.86. The molecular formula is C23H32F3N3O2. The van der Waals surface area contributed by atoms with Crippen molar-refractivity contribution in [3.05, 3.63) is 34.9 Å². The van der Waals surface area contributed by atoms with Gasteiger partial charge in [0.15, 0.2) is 0 Å². The van der Waals surface area contributed by atoms with Crippen molar-refractivity contribution < 1.29 is 22.8 Å². The molecule has 8 heteroatoms. The third kappa shape index (κ3) is 7.83. The predicted octanol–water partition coefficient (Wildman–Crippen LogP) is 3.81. The van der Waals surface area contributed by atoms with E-state index in [-0.39, 0.29) is 11.5 Å². The maximum Gasteiger partial charge on any atom is 0.416 e. The first-order valence-electron chi connectivity index (χ1n) is 11.2. The number of rotatable bonds is 9. The molecule has 0 saturated heterocycles. The van der Waals surface area contributed by atoms with Crippen LogP contribution in [0.1, 0.15) is 66.4 Å². The van der Waals surface area contributed by atoms with E-state index in [4.69, 9.17) is 0 Å². The molecule has 5 nitrogen and oxygen atoms in total. The van der Waals surface area contributed by atoms with Gasteiger partial charge in [0.25, 0.3) is 5.91 Å². The summed E-state index contributed by atoms with van der Waals surface area (Å²) in [7, 11) is 0. The van der Waals surface area contributed by atoms with Crippen LogP contribution in [-0.2, 0) is 11.0 Å². The molecule has 0 spiro atoms. The van der Waals surface area contributed by atoms with Gasteiger partial charge in [-0.25, -0.2) is 0 Å². The number of hydrogen-bond acceptors (Lipinski definition) is 3. The number of hydrogen-bond donors (Lipinski definition) is 3. The Balaban J connectivity index is 1.33. The van der Waals surface area contributed by atoms with Gasteiger partial charge in [-0.15, -0.1) is 0 Å². The highest BCUT2D eigenvalue weighted by Gasteiger charge is 2.31. The van der Waals surface area contributed by atoms with E-state index in [2.05, 4.69) is 16.0 Å². The molecule has 172 valence electrons. The van der Waals surface area contributed by atoms with Crippen LogP contribution in [0.4, 0.5) is 13.2 Å². The summed E-state index contributed by atoms with van der Waals surface area (Å²) in [5.41, 5.74) is -0.338. The summed E-state index contributed by atoms with van der Waals surface area (Å²) in [6.45, 7) is 3.41. The summed E-state index contributed by atoms with van der Waals surface area (Å²) in [5.74, 6) is 0.601. The molecule has 0 heterocycles. The first kappa shape index (κ1) is 23.6. The number of benzene rings is 1. The lowest BCUT2D eigenvalue weighted by Gasteiger charge is -2.29. The van der Waals surface area contributed by atoms with Gasteiger partial charge in [0.05, 0.1) is 5.56 Å². The molecule has 2 fully saturated rings. The monoisotopic (exact) mass is 439 g/mol. The summed E-state index contributed by atoms with van der Waals surface area (Å²) < 4.78 is 38.9. The Hall–Kier alpha value is -2.09. The van der Waals surface area contributed by atoms with Gasteiger partial charge >= 0.3 is 6.18 Å². The smallest absolute Gasteiger partial charge is 0.355 e. The zero-order chi connectivity index (χ0) is 22.4. The Morgan fingerprint density at radius 3 is 2.26 bits per heavy atom. The van der Waals surface area contributed by atoms with Gasteiger partial charge in [-0.2, -0.15) is 13.2 Å². The molecule has 1 aromatic rings. The van der Waals surface area contributed by atoms with Crippen LogP contribution < -0.4 is 16.0 Å². The second-order valence-electron chi connectivity index (χ2n) is 8.96. The van der Waals surface area contributed by atoms with Gasteiger partial charge < -0.3 is 16.0 Å². The van der Waals surface area contributed by atoms with E-state index in [9.17, 15) is 22.8 Å². The van der Waals surface area contributed by atoms with E-state index in [1.54, 1.807) is 6.92 Å². The minimum atomic E-state index is -4.47.